The van der Waals surface area contributed by atoms with E-state index in [0.717, 1.165) is 31.6 Å². The molecule has 20 heavy (non-hydrogen) atoms. The number of likely N-dealkylation sites (N-methyl/N-ethyl adjacent to an activating group) is 2. The lowest BCUT2D eigenvalue weighted by molar-refractivity contribution is 0.0138. The van der Waals surface area contributed by atoms with E-state index in [9.17, 15) is 5.11 Å². The van der Waals surface area contributed by atoms with E-state index in [1.807, 2.05) is 0 Å². The smallest absolute Gasteiger partial charge is 0.0957 e. The third-order valence-corrected chi connectivity index (χ3v) is 4.20. The number of aliphatic hydroxyl groups is 1. The molecule has 1 aromatic rings. The van der Waals surface area contributed by atoms with E-state index in [4.69, 9.17) is 0 Å². The molecule has 1 saturated heterocycles. The predicted octanol–water partition coefficient (Wildman–Crippen LogP) is 2.16. The zero-order valence-electron chi connectivity index (χ0n) is 13.2. The number of piperazine rings is 1. The van der Waals surface area contributed by atoms with Gasteiger partial charge in [0, 0.05) is 19.6 Å². The molecule has 0 saturated carbocycles. The minimum Gasteiger partial charge on any atom is -0.387 e. The summed E-state index contributed by atoms with van der Waals surface area (Å²) < 4.78 is 0. The molecule has 1 heterocycles. The number of rotatable bonds is 4. The summed E-state index contributed by atoms with van der Waals surface area (Å²) in [6.07, 6.45) is 0.663. The van der Waals surface area contributed by atoms with Gasteiger partial charge in [-0.2, -0.15) is 0 Å². The topological polar surface area (TPSA) is 26.7 Å². The van der Waals surface area contributed by atoms with Gasteiger partial charge in [-0.1, -0.05) is 38.1 Å². The summed E-state index contributed by atoms with van der Waals surface area (Å²) in [5.41, 5.74) is 2.37. The van der Waals surface area contributed by atoms with Gasteiger partial charge in [0.2, 0.25) is 0 Å². The number of aliphatic hydroxyl groups excluding tert-OH is 1. The minimum atomic E-state index is -0.408. The van der Waals surface area contributed by atoms with E-state index in [1.54, 1.807) is 0 Å². The number of nitrogens with zero attached hydrogens (tertiary/aromatic N) is 2. The van der Waals surface area contributed by atoms with Gasteiger partial charge in [-0.25, -0.2) is 0 Å². The van der Waals surface area contributed by atoms with E-state index in [2.05, 4.69) is 62.0 Å². The van der Waals surface area contributed by atoms with E-state index in [1.165, 1.54) is 5.56 Å². The van der Waals surface area contributed by atoms with Gasteiger partial charge in [0.25, 0.3) is 0 Å². The van der Waals surface area contributed by atoms with Crippen LogP contribution in [0.3, 0.4) is 0 Å². The SMILES string of the molecule is CC(C)Cc1cccc(C(O)C2CN(C)CCN2C)c1. The first kappa shape index (κ1) is 15.5. The summed E-state index contributed by atoms with van der Waals surface area (Å²) >= 11 is 0. The second kappa shape index (κ2) is 6.70. The monoisotopic (exact) mass is 276 g/mol. The van der Waals surface area contributed by atoms with Crippen LogP contribution in [0.4, 0.5) is 0 Å². The molecule has 0 aliphatic carbocycles. The molecule has 2 unspecified atom stereocenters. The van der Waals surface area contributed by atoms with Crippen LogP contribution in [0.1, 0.15) is 31.1 Å². The molecule has 2 rings (SSSR count). The average molecular weight is 276 g/mol. The maximum absolute atomic E-state index is 10.7. The van der Waals surface area contributed by atoms with Crippen molar-refractivity contribution in [1.29, 1.82) is 0 Å². The fourth-order valence-corrected chi connectivity index (χ4v) is 2.98. The Bertz CT molecular complexity index is 433. The first-order valence-corrected chi connectivity index (χ1v) is 7.63. The minimum absolute atomic E-state index is 0.183. The van der Waals surface area contributed by atoms with Gasteiger partial charge in [-0.3, -0.25) is 4.90 Å². The van der Waals surface area contributed by atoms with E-state index >= 15 is 0 Å². The van der Waals surface area contributed by atoms with Crippen LogP contribution in [0.25, 0.3) is 0 Å². The maximum atomic E-state index is 10.7. The van der Waals surface area contributed by atoms with E-state index in [-0.39, 0.29) is 6.04 Å². The van der Waals surface area contributed by atoms with Crippen LogP contribution in [0.15, 0.2) is 24.3 Å². The molecular formula is C17H28N2O. The summed E-state index contributed by atoms with van der Waals surface area (Å²) in [7, 11) is 4.24. The lowest BCUT2D eigenvalue weighted by Crippen LogP contribution is -2.52. The second-order valence-corrected chi connectivity index (χ2v) is 6.60. The molecule has 0 radical (unpaired) electrons. The molecule has 1 aliphatic heterocycles. The van der Waals surface area contributed by atoms with Crippen LogP contribution in [0.5, 0.6) is 0 Å². The standard InChI is InChI=1S/C17H28N2O/c1-13(2)10-14-6-5-7-15(11-14)17(20)16-12-18(3)8-9-19(16)4/h5-7,11,13,16-17,20H,8-10,12H2,1-4H3. The number of benzene rings is 1. The molecule has 1 fully saturated rings. The summed E-state index contributed by atoms with van der Waals surface area (Å²) in [4.78, 5) is 4.58. The highest BCUT2D eigenvalue weighted by Crippen LogP contribution is 2.24. The van der Waals surface area contributed by atoms with Crippen LogP contribution < -0.4 is 0 Å². The van der Waals surface area contributed by atoms with E-state index < -0.39 is 6.10 Å². The Morgan fingerprint density at radius 1 is 1.25 bits per heavy atom. The van der Waals surface area contributed by atoms with Crippen LogP contribution >= 0.6 is 0 Å². The maximum Gasteiger partial charge on any atom is 0.0957 e. The van der Waals surface area contributed by atoms with Crippen molar-refractivity contribution in [3.8, 4) is 0 Å². The second-order valence-electron chi connectivity index (χ2n) is 6.60. The van der Waals surface area contributed by atoms with Gasteiger partial charge in [-0.15, -0.1) is 0 Å². The van der Waals surface area contributed by atoms with Crippen molar-refractivity contribution in [3.63, 3.8) is 0 Å². The van der Waals surface area contributed by atoms with Crippen molar-refractivity contribution < 1.29 is 5.11 Å². The summed E-state index contributed by atoms with van der Waals surface area (Å²) in [5.74, 6) is 0.644. The first-order chi connectivity index (χ1) is 9.47. The highest BCUT2D eigenvalue weighted by Gasteiger charge is 2.29. The summed E-state index contributed by atoms with van der Waals surface area (Å²) in [6.45, 7) is 7.48. The zero-order valence-corrected chi connectivity index (χ0v) is 13.2. The average Bonchev–Trinajstić information content (AvgIpc) is 2.40. The van der Waals surface area contributed by atoms with Crippen molar-refractivity contribution in [3.05, 3.63) is 35.4 Å². The van der Waals surface area contributed by atoms with Crippen molar-refractivity contribution in [2.45, 2.75) is 32.4 Å². The van der Waals surface area contributed by atoms with Gasteiger partial charge in [0.1, 0.15) is 0 Å². The molecular weight excluding hydrogens is 248 g/mol. The van der Waals surface area contributed by atoms with Crippen molar-refractivity contribution >= 4 is 0 Å². The number of hydrogen-bond acceptors (Lipinski definition) is 3. The molecule has 0 spiro atoms. The highest BCUT2D eigenvalue weighted by atomic mass is 16.3. The Kier molecular flexibility index (Phi) is 5.19. The molecule has 1 aromatic carbocycles. The quantitative estimate of drug-likeness (QED) is 0.913. The fraction of sp³-hybridized carbons (Fsp3) is 0.647. The lowest BCUT2D eigenvalue weighted by atomic mass is 9.95. The Hall–Kier alpha value is -0.900. The van der Waals surface area contributed by atoms with Crippen molar-refractivity contribution in [1.82, 2.24) is 9.80 Å². The Balaban J connectivity index is 2.13. The molecule has 1 N–H and O–H groups in total. The normalized spacial score (nSPS) is 23.2. The van der Waals surface area contributed by atoms with Crippen molar-refractivity contribution in [2.24, 2.45) is 5.92 Å². The Morgan fingerprint density at radius 3 is 2.70 bits per heavy atom. The lowest BCUT2D eigenvalue weighted by Gasteiger charge is -2.40. The van der Waals surface area contributed by atoms with Crippen LogP contribution in [0, 0.1) is 5.92 Å². The van der Waals surface area contributed by atoms with Gasteiger partial charge < -0.3 is 10.0 Å². The third kappa shape index (κ3) is 3.81. The van der Waals surface area contributed by atoms with Gasteiger partial charge in [0.15, 0.2) is 0 Å². The fourth-order valence-electron chi connectivity index (χ4n) is 2.98. The molecule has 112 valence electrons. The van der Waals surface area contributed by atoms with Crippen LogP contribution in [0.2, 0.25) is 0 Å². The number of hydrogen-bond donors (Lipinski definition) is 1. The molecule has 3 nitrogen and oxygen atoms in total. The molecule has 2 atom stereocenters. The first-order valence-electron chi connectivity index (χ1n) is 7.63. The van der Waals surface area contributed by atoms with Crippen LogP contribution in [-0.2, 0) is 6.42 Å². The zero-order chi connectivity index (χ0) is 14.7. The Labute approximate surface area is 123 Å². The Morgan fingerprint density at radius 2 is 2.00 bits per heavy atom. The third-order valence-electron chi connectivity index (χ3n) is 4.20. The molecule has 0 amide bonds. The highest BCUT2D eigenvalue weighted by molar-refractivity contribution is 5.26. The molecule has 3 heteroatoms. The predicted molar refractivity (Wildman–Crippen MR) is 83.9 cm³/mol. The largest absolute Gasteiger partial charge is 0.387 e. The van der Waals surface area contributed by atoms with E-state index in [0.29, 0.717) is 5.92 Å². The molecule has 0 aromatic heterocycles. The van der Waals surface area contributed by atoms with Gasteiger partial charge in [0.05, 0.1) is 12.1 Å². The van der Waals surface area contributed by atoms with Crippen molar-refractivity contribution in [2.75, 3.05) is 33.7 Å². The molecule has 0 bridgehead atoms. The van der Waals surface area contributed by atoms with Crippen LogP contribution in [-0.4, -0.2) is 54.7 Å². The summed E-state index contributed by atoms with van der Waals surface area (Å²) in [6, 6.07) is 8.64. The summed E-state index contributed by atoms with van der Waals surface area (Å²) in [5, 5.41) is 10.7. The van der Waals surface area contributed by atoms with Gasteiger partial charge >= 0.3 is 0 Å². The van der Waals surface area contributed by atoms with Gasteiger partial charge in [-0.05, 0) is 37.6 Å². The molecule has 1 aliphatic rings.